The van der Waals surface area contributed by atoms with Gasteiger partial charge in [-0.3, -0.25) is 4.68 Å². The highest BCUT2D eigenvalue weighted by Crippen LogP contribution is 2.27. The van der Waals surface area contributed by atoms with Gasteiger partial charge in [0, 0.05) is 16.3 Å². The maximum absolute atomic E-state index is 4.41. The van der Waals surface area contributed by atoms with Crippen molar-refractivity contribution in [2.24, 2.45) is 0 Å². The molecule has 2 aromatic rings. The van der Waals surface area contributed by atoms with Crippen LogP contribution in [-0.2, 0) is 0 Å². The van der Waals surface area contributed by atoms with Crippen molar-refractivity contribution in [1.29, 1.82) is 0 Å². The molecule has 0 spiro atoms. The summed E-state index contributed by atoms with van der Waals surface area (Å²) in [5, 5.41) is 5.66. The quantitative estimate of drug-likeness (QED) is 0.701. The van der Waals surface area contributed by atoms with E-state index in [2.05, 4.69) is 48.1 Å². The van der Waals surface area contributed by atoms with Crippen molar-refractivity contribution >= 4 is 22.7 Å². The average Bonchev–Trinajstić information content (AvgIpc) is 2.60. The molecule has 0 aliphatic carbocycles. The molecule has 0 fully saturated rings. The van der Waals surface area contributed by atoms with Gasteiger partial charge in [0.15, 0.2) is 0 Å². The van der Waals surface area contributed by atoms with Crippen molar-refractivity contribution < 1.29 is 0 Å². The summed E-state index contributed by atoms with van der Waals surface area (Å²) in [6.45, 7) is 4.30. The molecule has 0 unspecified atom stereocenters. The molecule has 74 valence electrons. The van der Waals surface area contributed by atoms with Gasteiger partial charge in [-0.2, -0.15) is 5.10 Å². The van der Waals surface area contributed by atoms with Crippen LogP contribution in [0.4, 0.5) is 0 Å². The maximum Gasteiger partial charge on any atom is 0.0696 e. The first-order chi connectivity index (χ1) is 6.74. The first-order valence-electron chi connectivity index (χ1n) is 4.74. The Morgan fingerprint density at radius 2 is 2.14 bits per heavy atom. The predicted molar refractivity (Wildman–Crippen MR) is 61.9 cm³/mol. The van der Waals surface area contributed by atoms with Crippen LogP contribution >= 0.6 is 11.8 Å². The highest BCUT2D eigenvalue weighted by molar-refractivity contribution is 7.98. The zero-order valence-corrected chi connectivity index (χ0v) is 9.51. The smallest absolute Gasteiger partial charge is 0.0696 e. The summed E-state index contributed by atoms with van der Waals surface area (Å²) in [7, 11) is 0. The summed E-state index contributed by atoms with van der Waals surface area (Å²) in [6.07, 6.45) is 4.06. The molecule has 0 saturated heterocycles. The lowest BCUT2D eigenvalue weighted by Gasteiger charge is -2.07. The fourth-order valence-corrected chi connectivity index (χ4v) is 2.23. The van der Waals surface area contributed by atoms with Gasteiger partial charge in [-0.15, -0.1) is 11.8 Å². The molecular weight excluding hydrogens is 192 g/mol. The van der Waals surface area contributed by atoms with E-state index < -0.39 is 0 Å². The first-order valence-corrected chi connectivity index (χ1v) is 5.96. The molecular formula is C11H14N2S. The Morgan fingerprint density at radius 1 is 1.36 bits per heavy atom. The Morgan fingerprint density at radius 3 is 2.79 bits per heavy atom. The molecule has 14 heavy (non-hydrogen) atoms. The van der Waals surface area contributed by atoms with Gasteiger partial charge in [0.25, 0.3) is 0 Å². The average molecular weight is 206 g/mol. The third-order valence-corrected chi connectivity index (χ3v) is 3.11. The topological polar surface area (TPSA) is 17.8 Å². The summed E-state index contributed by atoms with van der Waals surface area (Å²) in [4.78, 5) is 1.30. The normalized spacial score (nSPS) is 11.4. The summed E-state index contributed by atoms with van der Waals surface area (Å²) >= 11 is 1.77. The van der Waals surface area contributed by atoms with Crippen molar-refractivity contribution in [3.05, 3.63) is 24.4 Å². The Bertz CT molecular complexity index is 445. The van der Waals surface area contributed by atoms with Crippen molar-refractivity contribution in [3.8, 4) is 0 Å². The predicted octanol–water partition coefficient (Wildman–Crippen LogP) is 3.34. The number of aromatic nitrogens is 2. The Labute approximate surface area is 88.3 Å². The Balaban J connectivity index is 2.69. The Hall–Kier alpha value is -0.960. The van der Waals surface area contributed by atoms with Gasteiger partial charge in [-0.1, -0.05) is 6.07 Å². The molecule has 0 saturated carbocycles. The lowest BCUT2D eigenvalue weighted by molar-refractivity contribution is 0.551. The first kappa shape index (κ1) is 9.59. The number of benzene rings is 1. The molecule has 1 aromatic carbocycles. The van der Waals surface area contributed by atoms with E-state index in [0.717, 1.165) is 0 Å². The fraction of sp³-hybridized carbons (Fsp3) is 0.364. The van der Waals surface area contributed by atoms with E-state index in [1.807, 2.05) is 6.20 Å². The second-order valence-corrected chi connectivity index (χ2v) is 4.42. The molecule has 0 radical (unpaired) electrons. The van der Waals surface area contributed by atoms with Crippen LogP contribution in [0, 0.1) is 0 Å². The van der Waals surface area contributed by atoms with Crippen LogP contribution in [0.2, 0.25) is 0 Å². The SMILES string of the molecule is CSc1cccc2c1cnn2C(C)C. The number of hydrogen-bond donors (Lipinski definition) is 0. The molecule has 1 heterocycles. The minimum absolute atomic E-state index is 0.421. The third kappa shape index (κ3) is 1.42. The van der Waals surface area contributed by atoms with E-state index in [1.165, 1.54) is 15.8 Å². The van der Waals surface area contributed by atoms with E-state index in [0.29, 0.717) is 6.04 Å². The molecule has 0 amide bonds. The molecule has 2 rings (SSSR count). The Kier molecular flexibility index (Phi) is 2.50. The van der Waals surface area contributed by atoms with Crippen LogP contribution in [0.1, 0.15) is 19.9 Å². The standard InChI is InChI=1S/C11H14N2S/c1-8(2)13-10-5-4-6-11(14-3)9(10)7-12-13/h4-8H,1-3H3. The maximum atomic E-state index is 4.41. The molecule has 0 aliphatic heterocycles. The lowest BCUT2D eigenvalue weighted by atomic mass is 10.2. The van der Waals surface area contributed by atoms with Gasteiger partial charge in [0.05, 0.1) is 11.7 Å². The highest BCUT2D eigenvalue weighted by atomic mass is 32.2. The van der Waals surface area contributed by atoms with E-state index in [4.69, 9.17) is 0 Å². The van der Waals surface area contributed by atoms with Gasteiger partial charge in [0.1, 0.15) is 0 Å². The van der Waals surface area contributed by atoms with Gasteiger partial charge in [-0.25, -0.2) is 0 Å². The second kappa shape index (κ2) is 3.65. The van der Waals surface area contributed by atoms with E-state index in [9.17, 15) is 0 Å². The van der Waals surface area contributed by atoms with Crippen LogP contribution in [0.15, 0.2) is 29.3 Å². The van der Waals surface area contributed by atoms with E-state index in [-0.39, 0.29) is 0 Å². The number of nitrogens with zero attached hydrogens (tertiary/aromatic N) is 2. The van der Waals surface area contributed by atoms with Gasteiger partial charge in [-0.05, 0) is 32.2 Å². The summed E-state index contributed by atoms with van der Waals surface area (Å²) < 4.78 is 2.06. The minimum Gasteiger partial charge on any atom is -0.262 e. The van der Waals surface area contributed by atoms with Gasteiger partial charge < -0.3 is 0 Å². The number of thioether (sulfide) groups is 1. The molecule has 0 aliphatic rings. The summed E-state index contributed by atoms with van der Waals surface area (Å²) in [6, 6.07) is 6.78. The molecule has 0 N–H and O–H groups in total. The monoisotopic (exact) mass is 206 g/mol. The number of hydrogen-bond acceptors (Lipinski definition) is 2. The fourth-order valence-electron chi connectivity index (χ4n) is 1.63. The number of rotatable bonds is 2. The summed E-state index contributed by atoms with van der Waals surface area (Å²) in [5.74, 6) is 0. The van der Waals surface area contributed by atoms with Crippen LogP contribution in [0.5, 0.6) is 0 Å². The third-order valence-electron chi connectivity index (χ3n) is 2.31. The van der Waals surface area contributed by atoms with Gasteiger partial charge in [0.2, 0.25) is 0 Å². The van der Waals surface area contributed by atoms with E-state index in [1.54, 1.807) is 11.8 Å². The molecule has 0 atom stereocenters. The zero-order chi connectivity index (χ0) is 10.1. The molecule has 0 bridgehead atoms. The van der Waals surface area contributed by atoms with Crippen LogP contribution in [-0.4, -0.2) is 16.0 Å². The minimum atomic E-state index is 0.421. The van der Waals surface area contributed by atoms with E-state index >= 15 is 0 Å². The van der Waals surface area contributed by atoms with Crippen molar-refractivity contribution in [2.75, 3.05) is 6.26 Å². The lowest BCUT2D eigenvalue weighted by Crippen LogP contribution is -2.01. The molecule has 3 heteroatoms. The molecule has 2 nitrogen and oxygen atoms in total. The largest absolute Gasteiger partial charge is 0.262 e. The van der Waals surface area contributed by atoms with Crippen molar-refractivity contribution in [1.82, 2.24) is 9.78 Å². The van der Waals surface area contributed by atoms with Crippen molar-refractivity contribution in [3.63, 3.8) is 0 Å². The van der Waals surface area contributed by atoms with Crippen LogP contribution in [0.3, 0.4) is 0 Å². The van der Waals surface area contributed by atoms with Gasteiger partial charge >= 0.3 is 0 Å². The van der Waals surface area contributed by atoms with Crippen molar-refractivity contribution in [2.45, 2.75) is 24.8 Å². The molecule has 1 aromatic heterocycles. The number of fused-ring (bicyclic) bond motifs is 1. The highest BCUT2D eigenvalue weighted by Gasteiger charge is 2.07. The van der Waals surface area contributed by atoms with Crippen LogP contribution < -0.4 is 0 Å². The summed E-state index contributed by atoms with van der Waals surface area (Å²) in [5.41, 5.74) is 1.23. The van der Waals surface area contributed by atoms with Crippen LogP contribution in [0.25, 0.3) is 10.9 Å². The second-order valence-electron chi connectivity index (χ2n) is 3.58. The zero-order valence-electron chi connectivity index (χ0n) is 8.69.